The maximum Gasteiger partial charge on any atom is 0.573 e. The van der Waals surface area contributed by atoms with Crippen LogP contribution in [0.2, 0.25) is 5.02 Å². The second-order valence-electron chi connectivity index (χ2n) is 4.33. The van der Waals surface area contributed by atoms with E-state index < -0.39 is 6.36 Å². The van der Waals surface area contributed by atoms with Crippen LogP contribution in [0.4, 0.5) is 13.2 Å². The molecule has 0 atom stereocenters. The highest BCUT2D eigenvalue weighted by molar-refractivity contribution is 6.33. The molecule has 0 saturated heterocycles. The van der Waals surface area contributed by atoms with Gasteiger partial charge in [0, 0.05) is 10.6 Å². The molecule has 0 N–H and O–H groups in total. The highest BCUT2D eigenvalue weighted by Gasteiger charge is 2.31. The monoisotopic (exact) mass is 311 g/mol. The summed E-state index contributed by atoms with van der Waals surface area (Å²) in [7, 11) is 0. The Kier molecular flexibility index (Phi) is 4.10. The van der Waals surface area contributed by atoms with Crippen LogP contribution < -0.4 is 4.74 Å². The summed E-state index contributed by atoms with van der Waals surface area (Å²) < 4.78 is 40.6. The van der Waals surface area contributed by atoms with E-state index in [9.17, 15) is 13.2 Å². The molecule has 2 nitrogen and oxygen atoms in total. The highest BCUT2D eigenvalue weighted by Crippen LogP contribution is 2.33. The zero-order valence-corrected chi connectivity index (χ0v) is 11.6. The summed E-state index contributed by atoms with van der Waals surface area (Å²) in [6.45, 7) is 1.52. The molecule has 0 radical (unpaired) electrons. The highest BCUT2D eigenvalue weighted by atomic mass is 35.5. The van der Waals surface area contributed by atoms with Crippen molar-refractivity contribution in [2.45, 2.75) is 13.3 Å². The minimum atomic E-state index is -4.72. The lowest BCUT2D eigenvalue weighted by Gasteiger charge is -2.13. The van der Waals surface area contributed by atoms with E-state index in [0.29, 0.717) is 27.3 Å². The fourth-order valence-electron chi connectivity index (χ4n) is 1.87. The summed E-state index contributed by atoms with van der Waals surface area (Å²) in [6.07, 6.45) is -4.72. The number of nitrogens with zero attached hydrogens (tertiary/aromatic N) is 1. The van der Waals surface area contributed by atoms with Gasteiger partial charge in [-0.25, -0.2) is 0 Å². The smallest absolute Gasteiger partial charge is 0.406 e. The molecule has 0 fully saturated rings. The number of halogens is 4. The van der Waals surface area contributed by atoms with E-state index in [0.717, 1.165) is 0 Å². The lowest BCUT2D eigenvalue weighted by atomic mass is 10.0. The van der Waals surface area contributed by atoms with Crippen LogP contribution in [0.3, 0.4) is 0 Å². The standard InChI is InChI=1S/C15H9ClF3NO/c1-9-6-11(3-5-14(9)21-15(17,18)19)12-4-2-10(8-20)7-13(12)16/h2-7H,1H3. The summed E-state index contributed by atoms with van der Waals surface area (Å²) in [6, 6.07) is 11.0. The first-order valence-corrected chi connectivity index (χ1v) is 6.24. The number of rotatable bonds is 2. The molecule has 21 heavy (non-hydrogen) atoms. The van der Waals surface area contributed by atoms with Gasteiger partial charge in [-0.2, -0.15) is 5.26 Å². The van der Waals surface area contributed by atoms with E-state index >= 15 is 0 Å². The summed E-state index contributed by atoms with van der Waals surface area (Å²) >= 11 is 6.08. The van der Waals surface area contributed by atoms with Crippen molar-refractivity contribution in [2.24, 2.45) is 0 Å². The van der Waals surface area contributed by atoms with Crippen molar-refractivity contribution >= 4 is 11.6 Å². The molecule has 0 amide bonds. The maximum atomic E-state index is 12.2. The topological polar surface area (TPSA) is 33.0 Å². The van der Waals surface area contributed by atoms with Crippen LogP contribution in [-0.4, -0.2) is 6.36 Å². The third kappa shape index (κ3) is 3.67. The number of aryl methyl sites for hydroxylation is 1. The SMILES string of the molecule is Cc1cc(-c2ccc(C#N)cc2Cl)ccc1OC(F)(F)F. The average Bonchev–Trinajstić information content (AvgIpc) is 2.39. The van der Waals surface area contributed by atoms with Crippen LogP contribution in [0.5, 0.6) is 5.75 Å². The van der Waals surface area contributed by atoms with Crippen molar-refractivity contribution in [3.8, 4) is 22.9 Å². The molecule has 0 aliphatic rings. The Morgan fingerprint density at radius 3 is 2.38 bits per heavy atom. The Hall–Kier alpha value is -2.19. The molecular formula is C15H9ClF3NO. The molecule has 108 valence electrons. The first-order valence-electron chi connectivity index (χ1n) is 5.86. The molecule has 0 heterocycles. The molecule has 0 saturated carbocycles. The molecule has 2 rings (SSSR count). The van der Waals surface area contributed by atoms with E-state index in [1.807, 2.05) is 6.07 Å². The molecule has 0 bridgehead atoms. The Morgan fingerprint density at radius 1 is 1.14 bits per heavy atom. The van der Waals surface area contributed by atoms with E-state index in [1.165, 1.54) is 25.1 Å². The fraction of sp³-hybridized carbons (Fsp3) is 0.133. The van der Waals surface area contributed by atoms with Gasteiger partial charge >= 0.3 is 6.36 Å². The van der Waals surface area contributed by atoms with Crippen LogP contribution >= 0.6 is 11.6 Å². The van der Waals surface area contributed by atoms with Crippen molar-refractivity contribution in [3.05, 3.63) is 52.5 Å². The lowest BCUT2D eigenvalue weighted by Crippen LogP contribution is -2.17. The third-order valence-corrected chi connectivity index (χ3v) is 3.12. The first-order chi connectivity index (χ1) is 9.80. The van der Waals surface area contributed by atoms with Gasteiger partial charge in [0.2, 0.25) is 0 Å². The number of ether oxygens (including phenoxy) is 1. The van der Waals surface area contributed by atoms with Crippen LogP contribution in [-0.2, 0) is 0 Å². The minimum Gasteiger partial charge on any atom is -0.406 e. The van der Waals surface area contributed by atoms with Crippen molar-refractivity contribution in [2.75, 3.05) is 0 Å². The quantitative estimate of drug-likeness (QED) is 0.774. The third-order valence-electron chi connectivity index (χ3n) is 2.81. The van der Waals surface area contributed by atoms with E-state index in [-0.39, 0.29) is 5.75 Å². The second kappa shape index (κ2) is 5.66. The number of hydrogen-bond donors (Lipinski definition) is 0. The molecule has 0 spiro atoms. The van der Waals surface area contributed by atoms with E-state index in [1.54, 1.807) is 18.2 Å². The maximum absolute atomic E-state index is 12.2. The average molecular weight is 312 g/mol. The lowest BCUT2D eigenvalue weighted by molar-refractivity contribution is -0.274. The van der Waals surface area contributed by atoms with Crippen molar-refractivity contribution < 1.29 is 17.9 Å². The van der Waals surface area contributed by atoms with Gasteiger partial charge in [-0.05, 0) is 42.3 Å². The fourth-order valence-corrected chi connectivity index (χ4v) is 2.16. The predicted octanol–water partition coefficient (Wildman–Crippen LogP) is 5.09. The largest absolute Gasteiger partial charge is 0.573 e. The first kappa shape index (κ1) is 15.2. The number of benzene rings is 2. The van der Waals surface area contributed by atoms with Crippen molar-refractivity contribution in [3.63, 3.8) is 0 Å². The molecule has 2 aromatic rings. The normalized spacial score (nSPS) is 11.0. The van der Waals surface area contributed by atoms with Crippen molar-refractivity contribution in [1.29, 1.82) is 5.26 Å². The van der Waals surface area contributed by atoms with Gasteiger partial charge in [0.15, 0.2) is 0 Å². The van der Waals surface area contributed by atoms with Crippen LogP contribution in [0.25, 0.3) is 11.1 Å². The van der Waals surface area contributed by atoms with E-state index in [4.69, 9.17) is 16.9 Å². The predicted molar refractivity (Wildman–Crippen MR) is 73.0 cm³/mol. The molecule has 2 aromatic carbocycles. The Morgan fingerprint density at radius 2 is 1.86 bits per heavy atom. The zero-order chi connectivity index (χ0) is 15.6. The number of hydrogen-bond acceptors (Lipinski definition) is 2. The van der Waals surface area contributed by atoms with Gasteiger partial charge < -0.3 is 4.74 Å². The van der Waals surface area contributed by atoms with Gasteiger partial charge in [0.1, 0.15) is 5.75 Å². The summed E-state index contributed by atoms with van der Waals surface area (Å²) in [4.78, 5) is 0. The van der Waals surface area contributed by atoms with Crippen LogP contribution in [0.1, 0.15) is 11.1 Å². The summed E-state index contributed by atoms with van der Waals surface area (Å²) in [5.74, 6) is -0.254. The summed E-state index contributed by atoms with van der Waals surface area (Å²) in [5.41, 5.74) is 2.04. The van der Waals surface area contributed by atoms with Gasteiger partial charge in [-0.3, -0.25) is 0 Å². The van der Waals surface area contributed by atoms with Gasteiger partial charge in [0.05, 0.1) is 11.6 Å². The Balaban J connectivity index is 2.39. The van der Waals surface area contributed by atoms with E-state index in [2.05, 4.69) is 4.74 Å². The molecule has 0 aliphatic heterocycles. The van der Waals surface area contributed by atoms with Crippen LogP contribution in [0.15, 0.2) is 36.4 Å². The molecular weight excluding hydrogens is 303 g/mol. The van der Waals surface area contributed by atoms with Crippen LogP contribution in [0, 0.1) is 18.3 Å². The minimum absolute atomic E-state index is 0.254. The Labute approximate surface area is 124 Å². The van der Waals surface area contributed by atoms with Crippen molar-refractivity contribution in [1.82, 2.24) is 0 Å². The number of nitriles is 1. The number of alkyl halides is 3. The molecule has 0 aromatic heterocycles. The van der Waals surface area contributed by atoms with Gasteiger partial charge in [-0.15, -0.1) is 13.2 Å². The Bertz CT molecular complexity index is 720. The summed E-state index contributed by atoms with van der Waals surface area (Å²) in [5, 5.41) is 9.14. The van der Waals surface area contributed by atoms with Gasteiger partial charge in [-0.1, -0.05) is 23.7 Å². The molecule has 6 heteroatoms. The van der Waals surface area contributed by atoms with Gasteiger partial charge in [0.25, 0.3) is 0 Å². The molecule has 0 unspecified atom stereocenters. The zero-order valence-electron chi connectivity index (χ0n) is 10.8. The molecule has 0 aliphatic carbocycles. The second-order valence-corrected chi connectivity index (χ2v) is 4.74.